The summed E-state index contributed by atoms with van der Waals surface area (Å²) < 4.78 is 5.20. The monoisotopic (exact) mass is 347 g/mol. The molecule has 0 aromatic carbocycles. The number of nitriles is 1. The SMILES string of the molecule is CCOCCCNC(=O)C(C#N)=Cc1csc(-c2ccsc2)n1. The van der Waals surface area contributed by atoms with E-state index in [4.69, 9.17) is 10.00 Å². The molecule has 1 amide bonds. The van der Waals surface area contributed by atoms with Crippen molar-refractivity contribution in [3.63, 3.8) is 0 Å². The molecule has 0 saturated heterocycles. The van der Waals surface area contributed by atoms with Gasteiger partial charge < -0.3 is 10.1 Å². The molecule has 2 heterocycles. The van der Waals surface area contributed by atoms with E-state index >= 15 is 0 Å². The molecule has 0 bridgehead atoms. The lowest BCUT2D eigenvalue weighted by Crippen LogP contribution is -2.26. The minimum atomic E-state index is -0.380. The number of carbonyl (C=O) groups excluding carboxylic acids is 1. The number of nitrogens with zero attached hydrogens (tertiary/aromatic N) is 2. The van der Waals surface area contributed by atoms with Crippen LogP contribution in [0.15, 0.2) is 27.8 Å². The van der Waals surface area contributed by atoms with E-state index in [0.29, 0.717) is 25.5 Å². The smallest absolute Gasteiger partial charge is 0.262 e. The molecule has 7 heteroatoms. The number of aromatic nitrogens is 1. The number of thiazole rings is 1. The lowest BCUT2D eigenvalue weighted by Gasteiger charge is -2.04. The van der Waals surface area contributed by atoms with Crippen LogP contribution in [-0.4, -0.2) is 30.6 Å². The number of amides is 1. The normalized spacial score (nSPS) is 11.2. The molecule has 0 fully saturated rings. The van der Waals surface area contributed by atoms with Gasteiger partial charge in [0, 0.05) is 36.1 Å². The van der Waals surface area contributed by atoms with Crippen LogP contribution in [-0.2, 0) is 9.53 Å². The molecule has 2 rings (SSSR count). The Kier molecular flexibility index (Phi) is 6.94. The van der Waals surface area contributed by atoms with Crippen molar-refractivity contribution in [3.8, 4) is 16.6 Å². The van der Waals surface area contributed by atoms with Crippen molar-refractivity contribution in [2.75, 3.05) is 19.8 Å². The molecule has 120 valence electrons. The van der Waals surface area contributed by atoms with E-state index < -0.39 is 0 Å². The predicted molar refractivity (Wildman–Crippen MR) is 93.1 cm³/mol. The average molecular weight is 347 g/mol. The molecule has 0 saturated carbocycles. The minimum Gasteiger partial charge on any atom is -0.382 e. The maximum absolute atomic E-state index is 12.0. The number of hydrogen-bond acceptors (Lipinski definition) is 6. The third-order valence-electron chi connectivity index (χ3n) is 2.90. The quantitative estimate of drug-likeness (QED) is 0.451. The second kappa shape index (κ2) is 9.20. The van der Waals surface area contributed by atoms with Crippen molar-refractivity contribution in [2.45, 2.75) is 13.3 Å². The Labute approximate surface area is 143 Å². The van der Waals surface area contributed by atoms with Crippen molar-refractivity contribution in [1.82, 2.24) is 10.3 Å². The van der Waals surface area contributed by atoms with Gasteiger partial charge in [-0.05, 0) is 30.9 Å². The van der Waals surface area contributed by atoms with E-state index in [2.05, 4.69) is 10.3 Å². The van der Waals surface area contributed by atoms with E-state index in [1.54, 1.807) is 11.3 Å². The number of rotatable bonds is 8. The third-order valence-corrected chi connectivity index (χ3v) is 4.50. The Morgan fingerprint density at radius 2 is 2.39 bits per heavy atom. The Bertz CT molecular complexity index is 699. The van der Waals surface area contributed by atoms with E-state index in [0.717, 1.165) is 17.0 Å². The van der Waals surface area contributed by atoms with E-state index in [1.807, 2.05) is 35.2 Å². The second-order valence-electron chi connectivity index (χ2n) is 4.57. The van der Waals surface area contributed by atoms with Gasteiger partial charge in [-0.1, -0.05) is 0 Å². The zero-order valence-corrected chi connectivity index (χ0v) is 14.4. The molecule has 23 heavy (non-hydrogen) atoms. The summed E-state index contributed by atoms with van der Waals surface area (Å²) in [7, 11) is 0. The van der Waals surface area contributed by atoms with E-state index in [-0.39, 0.29) is 11.5 Å². The van der Waals surface area contributed by atoms with Crippen molar-refractivity contribution < 1.29 is 9.53 Å². The highest BCUT2D eigenvalue weighted by Gasteiger charge is 2.10. The molecule has 1 N–H and O–H groups in total. The zero-order valence-electron chi connectivity index (χ0n) is 12.7. The van der Waals surface area contributed by atoms with Gasteiger partial charge in [-0.3, -0.25) is 4.79 Å². The standard InChI is InChI=1S/C16H17N3O2S2/c1-2-21-6-3-5-18-15(20)13(9-17)8-14-11-23-16(19-14)12-4-7-22-10-12/h4,7-8,10-11H,2-3,5-6H2,1H3,(H,18,20). The molecule has 0 aliphatic heterocycles. The van der Waals surface area contributed by atoms with Crippen LogP contribution in [0.4, 0.5) is 0 Å². The molecule has 2 aromatic heterocycles. The van der Waals surface area contributed by atoms with Gasteiger partial charge in [0.1, 0.15) is 16.6 Å². The Balaban J connectivity index is 1.96. The first kappa shape index (κ1) is 17.3. The number of hydrogen-bond donors (Lipinski definition) is 1. The van der Waals surface area contributed by atoms with Crippen LogP contribution in [0.2, 0.25) is 0 Å². The largest absolute Gasteiger partial charge is 0.382 e. The first-order valence-electron chi connectivity index (χ1n) is 7.20. The van der Waals surface area contributed by atoms with Crippen LogP contribution < -0.4 is 5.32 Å². The van der Waals surface area contributed by atoms with Gasteiger partial charge in [0.2, 0.25) is 0 Å². The van der Waals surface area contributed by atoms with Crippen LogP contribution in [0.3, 0.4) is 0 Å². The van der Waals surface area contributed by atoms with Crippen molar-refractivity contribution in [3.05, 3.63) is 33.5 Å². The summed E-state index contributed by atoms with van der Waals surface area (Å²) in [5, 5.41) is 18.6. The summed E-state index contributed by atoms with van der Waals surface area (Å²) in [5.41, 5.74) is 1.74. The maximum Gasteiger partial charge on any atom is 0.262 e. The van der Waals surface area contributed by atoms with E-state index in [9.17, 15) is 4.79 Å². The van der Waals surface area contributed by atoms with Gasteiger partial charge in [-0.2, -0.15) is 16.6 Å². The van der Waals surface area contributed by atoms with Gasteiger partial charge in [-0.25, -0.2) is 4.98 Å². The molecule has 0 atom stereocenters. The Morgan fingerprint density at radius 3 is 3.09 bits per heavy atom. The topological polar surface area (TPSA) is 75.0 Å². The second-order valence-corrected chi connectivity index (χ2v) is 6.20. The van der Waals surface area contributed by atoms with Gasteiger partial charge in [-0.15, -0.1) is 11.3 Å². The lowest BCUT2D eigenvalue weighted by atomic mass is 10.2. The fraction of sp³-hybridized carbons (Fsp3) is 0.312. The van der Waals surface area contributed by atoms with Crippen molar-refractivity contribution in [2.24, 2.45) is 0 Å². The summed E-state index contributed by atoms with van der Waals surface area (Å²) >= 11 is 3.10. The summed E-state index contributed by atoms with van der Waals surface area (Å²) in [6.45, 7) is 3.66. The number of thiophene rings is 1. The van der Waals surface area contributed by atoms with Crippen LogP contribution >= 0.6 is 22.7 Å². The highest BCUT2D eigenvalue weighted by molar-refractivity contribution is 7.14. The fourth-order valence-corrected chi connectivity index (χ4v) is 3.27. The molecule has 0 aliphatic carbocycles. The molecule has 0 unspecified atom stereocenters. The van der Waals surface area contributed by atoms with Crippen LogP contribution in [0.5, 0.6) is 0 Å². The summed E-state index contributed by atoms with van der Waals surface area (Å²) in [6, 6.07) is 3.92. The van der Waals surface area contributed by atoms with Crippen molar-refractivity contribution >= 4 is 34.7 Å². The third kappa shape index (κ3) is 5.28. The van der Waals surface area contributed by atoms with Gasteiger partial charge >= 0.3 is 0 Å². The van der Waals surface area contributed by atoms with Gasteiger partial charge in [0.15, 0.2) is 0 Å². The van der Waals surface area contributed by atoms with Gasteiger partial charge in [0.05, 0.1) is 5.69 Å². The number of nitrogens with one attached hydrogen (secondary N) is 1. The molecule has 2 aromatic rings. The number of carbonyl (C=O) groups is 1. The Hall–Kier alpha value is -2.01. The minimum absolute atomic E-state index is 0.0589. The molecular formula is C16H17N3O2S2. The average Bonchev–Trinajstić information content (AvgIpc) is 3.23. The van der Waals surface area contributed by atoms with Crippen LogP contribution in [0, 0.1) is 11.3 Å². The first-order valence-corrected chi connectivity index (χ1v) is 9.02. The predicted octanol–water partition coefficient (Wildman–Crippen LogP) is 3.32. The van der Waals surface area contributed by atoms with Crippen molar-refractivity contribution in [1.29, 1.82) is 5.26 Å². The molecule has 0 radical (unpaired) electrons. The molecule has 0 spiro atoms. The number of ether oxygens (including phenoxy) is 1. The summed E-state index contributed by atoms with van der Waals surface area (Å²) in [6.07, 6.45) is 2.24. The fourth-order valence-electron chi connectivity index (χ4n) is 1.78. The highest BCUT2D eigenvalue weighted by Crippen LogP contribution is 2.26. The van der Waals surface area contributed by atoms with E-state index in [1.165, 1.54) is 17.4 Å². The summed E-state index contributed by atoms with van der Waals surface area (Å²) in [5.74, 6) is -0.380. The zero-order chi connectivity index (χ0) is 16.5. The highest BCUT2D eigenvalue weighted by atomic mass is 32.1. The van der Waals surface area contributed by atoms with Crippen LogP contribution in [0.1, 0.15) is 19.0 Å². The molecular weight excluding hydrogens is 330 g/mol. The molecule has 0 aliphatic rings. The Morgan fingerprint density at radius 1 is 1.52 bits per heavy atom. The first-order chi connectivity index (χ1) is 11.2. The van der Waals surface area contributed by atoms with Crippen LogP contribution in [0.25, 0.3) is 16.6 Å². The lowest BCUT2D eigenvalue weighted by molar-refractivity contribution is -0.117. The maximum atomic E-state index is 12.0. The van der Waals surface area contributed by atoms with Gasteiger partial charge in [0.25, 0.3) is 5.91 Å². The summed E-state index contributed by atoms with van der Waals surface area (Å²) in [4.78, 5) is 16.4. The molecule has 5 nitrogen and oxygen atoms in total.